The van der Waals surface area contributed by atoms with Gasteiger partial charge < -0.3 is 16.0 Å². The summed E-state index contributed by atoms with van der Waals surface area (Å²) in [5, 5.41) is 2.62. The number of halogens is 2. The molecule has 1 aromatic carbocycles. The fraction of sp³-hybridized carbons (Fsp3) is 0.467. The van der Waals surface area contributed by atoms with Crippen LogP contribution in [0.4, 0.5) is 8.78 Å². The number of nitrogens with zero attached hydrogens (tertiary/aromatic N) is 1. The molecule has 2 rings (SSSR count). The molecule has 22 heavy (non-hydrogen) atoms. The molecule has 1 aromatic rings. The van der Waals surface area contributed by atoms with Crippen LogP contribution in [0.2, 0.25) is 0 Å². The van der Waals surface area contributed by atoms with Crippen LogP contribution in [0.15, 0.2) is 18.2 Å². The number of likely N-dealkylation sites (tertiary alicyclic amines) is 1. The zero-order chi connectivity index (χ0) is 16.1. The molecule has 0 aromatic heterocycles. The molecule has 7 heteroatoms. The van der Waals surface area contributed by atoms with E-state index >= 15 is 0 Å². The quantitative estimate of drug-likeness (QED) is 0.863. The predicted molar refractivity (Wildman–Crippen MR) is 76.6 cm³/mol. The van der Waals surface area contributed by atoms with E-state index in [1.54, 1.807) is 4.90 Å². The van der Waals surface area contributed by atoms with E-state index in [1.807, 2.05) is 0 Å². The van der Waals surface area contributed by atoms with Crippen LogP contribution >= 0.6 is 0 Å². The van der Waals surface area contributed by atoms with Crippen molar-refractivity contribution in [2.24, 2.45) is 11.7 Å². The number of piperidine rings is 1. The Kier molecular flexibility index (Phi) is 5.43. The van der Waals surface area contributed by atoms with Gasteiger partial charge in [-0.15, -0.1) is 0 Å². The van der Waals surface area contributed by atoms with Gasteiger partial charge in [-0.1, -0.05) is 12.1 Å². The minimum absolute atomic E-state index is 0.0320. The van der Waals surface area contributed by atoms with E-state index in [0.717, 1.165) is 6.07 Å². The summed E-state index contributed by atoms with van der Waals surface area (Å²) in [4.78, 5) is 25.1. The first-order valence-electron chi connectivity index (χ1n) is 7.21. The Bertz CT molecular complexity index is 558. The maximum Gasteiger partial charge on any atom is 0.236 e. The molecule has 3 N–H and O–H groups in total. The fourth-order valence-corrected chi connectivity index (χ4v) is 2.53. The highest BCUT2D eigenvalue weighted by Gasteiger charge is 2.26. The highest BCUT2D eigenvalue weighted by Crippen LogP contribution is 2.18. The number of nitrogens with one attached hydrogen (secondary N) is 1. The van der Waals surface area contributed by atoms with Crippen LogP contribution in [-0.4, -0.2) is 36.3 Å². The largest absolute Gasteiger partial charge is 0.352 e. The molecule has 0 unspecified atom stereocenters. The molecule has 1 heterocycles. The molecule has 1 aliphatic heterocycles. The third kappa shape index (κ3) is 3.79. The summed E-state index contributed by atoms with van der Waals surface area (Å²) < 4.78 is 26.6. The number of benzene rings is 1. The van der Waals surface area contributed by atoms with Crippen LogP contribution in [0.1, 0.15) is 18.4 Å². The summed E-state index contributed by atoms with van der Waals surface area (Å²) in [6.07, 6.45) is 1.09. The van der Waals surface area contributed by atoms with E-state index in [9.17, 15) is 18.4 Å². The smallest absolute Gasteiger partial charge is 0.236 e. The van der Waals surface area contributed by atoms with Crippen molar-refractivity contribution in [3.63, 3.8) is 0 Å². The lowest BCUT2D eigenvalue weighted by Crippen LogP contribution is -2.44. The van der Waals surface area contributed by atoms with E-state index in [-0.39, 0.29) is 36.4 Å². The van der Waals surface area contributed by atoms with E-state index in [4.69, 9.17) is 5.73 Å². The van der Waals surface area contributed by atoms with Crippen LogP contribution in [0.25, 0.3) is 0 Å². The third-order valence-electron chi connectivity index (χ3n) is 3.88. The molecular weight excluding hydrogens is 292 g/mol. The zero-order valence-corrected chi connectivity index (χ0v) is 12.1. The van der Waals surface area contributed by atoms with Crippen molar-refractivity contribution in [2.45, 2.75) is 19.4 Å². The SMILES string of the molecule is NCC(=O)N1CCC(C(=O)NCc2cccc(F)c2F)CC1. The molecule has 120 valence electrons. The lowest BCUT2D eigenvalue weighted by atomic mass is 9.95. The number of hydrogen-bond acceptors (Lipinski definition) is 3. The maximum atomic E-state index is 13.5. The second-order valence-electron chi connectivity index (χ2n) is 5.29. The van der Waals surface area contributed by atoms with Gasteiger partial charge in [-0.05, 0) is 18.9 Å². The second-order valence-corrected chi connectivity index (χ2v) is 5.29. The average molecular weight is 311 g/mol. The van der Waals surface area contributed by atoms with Crippen LogP contribution in [0.5, 0.6) is 0 Å². The Balaban J connectivity index is 1.84. The van der Waals surface area contributed by atoms with Crippen LogP contribution in [0, 0.1) is 17.6 Å². The number of carbonyl (C=O) groups is 2. The molecule has 1 saturated heterocycles. The van der Waals surface area contributed by atoms with Crippen LogP contribution in [-0.2, 0) is 16.1 Å². The second kappa shape index (κ2) is 7.31. The normalized spacial score (nSPS) is 15.7. The van der Waals surface area contributed by atoms with Gasteiger partial charge in [0.1, 0.15) is 0 Å². The predicted octanol–water partition coefficient (Wildman–Crippen LogP) is 0.778. The lowest BCUT2D eigenvalue weighted by Gasteiger charge is -2.31. The van der Waals surface area contributed by atoms with Crippen molar-refractivity contribution in [3.8, 4) is 0 Å². The molecule has 0 saturated carbocycles. The molecule has 2 amide bonds. The Labute approximate surface area is 127 Å². The summed E-state index contributed by atoms with van der Waals surface area (Å²) in [5.74, 6) is -2.42. The minimum Gasteiger partial charge on any atom is -0.352 e. The molecule has 0 spiro atoms. The Hall–Kier alpha value is -2.02. The average Bonchev–Trinajstić information content (AvgIpc) is 2.55. The number of rotatable bonds is 4. The van der Waals surface area contributed by atoms with Gasteiger partial charge >= 0.3 is 0 Å². The highest BCUT2D eigenvalue weighted by atomic mass is 19.2. The van der Waals surface area contributed by atoms with Crippen molar-refractivity contribution in [1.29, 1.82) is 0 Å². The maximum absolute atomic E-state index is 13.5. The minimum atomic E-state index is -0.939. The summed E-state index contributed by atoms with van der Waals surface area (Å²) in [6.45, 7) is 0.894. The monoisotopic (exact) mass is 311 g/mol. The first kappa shape index (κ1) is 16.4. The van der Waals surface area contributed by atoms with Gasteiger partial charge in [0.15, 0.2) is 11.6 Å². The zero-order valence-electron chi connectivity index (χ0n) is 12.1. The Morgan fingerprint density at radius 1 is 1.27 bits per heavy atom. The van der Waals surface area contributed by atoms with Gasteiger partial charge in [-0.25, -0.2) is 8.78 Å². The topological polar surface area (TPSA) is 75.4 Å². The van der Waals surface area contributed by atoms with Gasteiger partial charge in [0.2, 0.25) is 11.8 Å². The Morgan fingerprint density at radius 3 is 2.59 bits per heavy atom. The van der Waals surface area contributed by atoms with Gasteiger partial charge in [0.05, 0.1) is 6.54 Å². The summed E-state index contributed by atoms with van der Waals surface area (Å²) in [5.41, 5.74) is 5.41. The fourth-order valence-electron chi connectivity index (χ4n) is 2.53. The lowest BCUT2D eigenvalue weighted by molar-refractivity contribution is -0.134. The molecule has 0 atom stereocenters. The molecule has 0 bridgehead atoms. The molecular formula is C15H19F2N3O2. The van der Waals surface area contributed by atoms with E-state index in [0.29, 0.717) is 25.9 Å². The number of nitrogens with two attached hydrogens (primary N) is 1. The summed E-state index contributed by atoms with van der Waals surface area (Å²) in [7, 11) is 0. The van der Waals surface area contributed by atoms with Crippen LogP contribution in [0.3, 0.4) is 0 Å². The molecule has 5 nitrogen and oxygen atoms in total. The van der Waals surface area contributed by atoms with E-state index in [1.165, 1.54) is 12.1 Å². The number of hydrogen-bond donors (Lipinski definition) is 2. The molecule has 1 aliphatic rings. The van der Waals surface area contributed by atoms with Crippen molar-refractivity contribution in [2.75, 3.05) is 19.6 Å². The van der Waals surface area contributed by atoms with Gasteiger partial charge in [-0.2, -0.15) is 0 Å². The Morgan fingerprint density at radius 2 is 1.95 bits per heavy atom. The summed E-state index contributed by atoms with van der Waals surface area (Å²) >= 11 is 0. The van der Waals surface area contributed by atoms with Crippen molar-refractivity contribution in [3.05, 3.63) is 35.4 Å². The van der Waals surface area contributed by atoms with Gasteiger partial charge in [0.25, 0.3) is 0 Å². The van der Waals surface area contributed by atoms with E-state index in [2.05, 4.69) is 5.32 Å². The highest BCUT2D eigenvalue weighted by molar-refractivity contribution is 5.80. The van der Waals surface area contributed by atoms with Crippen molar-refractivity contribution >= 4 is 11.8 Å². The van der Waals surface area contributed by atoms with Gasteiger partial charge in [-0.3, -0.25) is 9.59 Å². The third-order valence-corrected chi connectivity index (χ3v) is 3.88. The van der Waals surface area contributed by atoms with Crippen molar-refractivity contribution < 1.29 is 18.4 Å². The van der Waals surface area contributed by atoms with E-state index < -0.39 is 11.6 Å². The van der Waals surface area contributed by atoms with Gasteiger partial charge in [0, 0.05) is 31.1 Å². The number of amides is 2. The standard InChI is InChI=1S/C15H19F2N3O2/c16-12-3-1-2-11(14(12)17)9-19-15(22)10-4-6-20(7-5-10)13(21)8-18/h1-3,10H,4-9,18H2,(H,19,22). The first-order chi connectivity index (χ1) is 10.5. The molecule has 0 radical (unpaired) electrons. The molecule has 1 fully saturated rings. The summed E-state index contributed by atoms with van der Waals surface area (Å²) in [6, 6.07) is 3.86. The van der Waals surface area contributed by atoms with Crippen LogP contribution < -0.4 is 11.1 Å². The first-order valence-corrected chi connectivity index (χ1v) is 7.21. The molecule has 0 aliphatic carbocycles. The number of carbonyl (C=O) groups excluding carboxylic acids is 2. The van der Waals surface area contributed by atoms with Crippen molar-refractivity contribution in [1.82, 2.24) is 10.2 Å².